The summed E-state index contributed by atoms with van der Waals surface area (Å²) in [6.07, 6.45) is 3.16. The third-order valence-electron chi connectivity index (χ3n) is 6.60. The number of nitrogens with one attached hydrogen (secondary N) is 5. The van der Waals surface area contributed by atoms with E-state index >= 15 is 0 Å². The van der Waals surface area contributed by atoms with Gasteiger partial charge in [0.25, 0.3) is 0 Å². The summed E-state index contributed by atoms with van der Waals surface area (Å²) in [4.78, 5) is 13.0. The number of carbonyl (C=O) groups is 1. The molecule has 6 N–H and O–H groups in total. The van der Waals surface area contributed by atoms with E-state index in [0.717, 1.165) is 11.3 Å². The van der Waals surface area contributed by atoms with Crippen molar-refractivity contribution >= 4 is 23.6 Å². The smallest absolute Gasteiger partial charge is 0.320 e. The number of benzene rings is 3. The van der Waals surface area contributed by atoms with Gasteiger partial charge in [-0.25, -0.2) is 14.6 Å². The summed E-state index contributed by atoms with van der Waals surface area (Å²) in [6.45, 7) is 8.70. The Morgan fingerprint density at radius 1 is 1.15 bits per heavy atom. The molecule has 10 heteroatoms. The molecule has 4 rings (SSSR count). The SMILES string of the molecule is Cc1ccc(N2NC(C(C)(C)C)C=C2NC(=O)NCc2cc(F)ccc2Oc2ccc(NCCO)c(C=N)c2)cc1. The molecule has 0 bridgehead atoms. The van der Waals surface area contributed by atoms with E-state index in [-0.39, 0.29) is 24.6 Å². The van der Waals surface area contributed by atoms with Gasteiger partial charge in [0, 0.05) is 36.1 Å². The first-order valence-electron chi connectivity index (χ1n) is 13.4. The number of halogens is 1. The first-order valence-corrected chi connectivity index (χ1v) is 13.4. The molecule has 216 valence electrons. The maximum absolute atomic E-state index is 14.2. The highest BCUT2D eigenvalue weighted by Gasteiger charge is 2.33. The Balaban J connectivity index is 1.47. The first-order chi connectivity index (χ1) is 19.6. The normalized spacial score (nSPS) is 14.8. The lowest BCUT2D eigenvalue weighted by molar-refractivity contribution is 0.242. The predicted octanol–water partition coefficient (Wildman–Crippen LogP) is 5.41. The second-order valence-corrected chi connectivity index (χ2v) is 10.9. The second kappa shape index (κ2) is 12.8. The number of aryl methyl sites for hydroxylation is 1. The van der Waals surface area contributed by atoms with Crippen molar-refractivity contribution in [2.24, 2.45) is 5.41 Å². The maximum Gasteiger partial charge on any atom is 0.320 e. The molecule has 3 aromatic carbocycles. The Labute approximate surface area is 239 Å². The molecule has 0 spiro atoms. The summed E-state index contributed by atoms with van der Waals surface area (Å²) < 4.78 is 20.2. The number of urea groups is 1. The number of carbonyl (C=O) groups excluding carboxylic acids is 1. The van der Waals surface area contributed by atoms with E-state index in [9.17, 15) is 9.18 Å². The monoisotopic (exact) mass is 560 g/mol. The number of anilines is 2. The Morgan fingerprint density at radius 2 is 1.90 bits per heavy atom. The van der Waals surface area contributed by atoms with Crippen LogP contribution < -0.4 is 31.1 Å². The second-order valence-electron chi connectivity index (χ2n) is 10.9. The molecular formula is C31H37FN6O3. The maximum atomic E-state index is 14.2. The van der Waals surface area contributed by atoms with Crippen molar-refractivity contribution in [1.82, 2.24) is 16.1 Å². The minimum absolute atomic E-state index is 0.0143. The Bertz CT molecular complexity index is 1420. The van der Waals surface area contributed by atoms with E-state index in [4.69, 9.17) is 15.3 Å². The molecule has 1 aliphatic heterocycles. The molecule has 1 atom stereocenters. The lowest BCUT2D eigenvalue weighted by Gasteiger charge is -2.29. The average molecular weight is 561 g/mol. The highest BCUT2D eigenvalue weighted by molar-refractivity contribution is 5.86. The lowest BCUT2D eigenvalue weighted by atomic mass is 9.87. The number of ether oxygens (including phenoxy) is 1. The number of hydrogen-bond acceptors (Lipinski definition) is 7. The molecule has 1 aliphatic rings. The Morgan fingerprint density at radius 3 is 2.59 bits per heavy atom. The van der Waals surface area contributed by atoms with Gasteiger partial charge in [-0.3, -0.25) is 10.3 Å². The standard InChI is InChI=1S/C31H37FN6O3/c1-20-5-8-24(9-6-20)38-29(17-28(37-38)31(2,3)4)36-30(40)35-19-22-15-23(32)7-12-27(22)41-25-10-11-26(34-13-14-39)21(16-25)18-33/h5-12,15-18,28,33-34,37,39H,13-14,19H2,1-4H3,(H2,35,36,40). The van der Waals surface area contributed by atoms with Gasteiger partial charge in [-0.15, -0.1) is 0 Å². The van der Waals surface area contributed by atoms with Crippen LogP contribution in [0.15, 0.2) is 72.6 Å². The molecule has 0 fully saturated rings. The Hall–Kier alpha value is -4.41. The third-order valence-corrected chi connectivity index (χ3v) is 6.60. The molecule has 0 aliphatic carbocycles. The van der Waals surface area contributed by atoms with E-state index in [1.54, 1.807) is 18.2 Å². The van der Waals surface area contributed by atoms with E-state index in [2.05, 4.69) is 42.1 Å². The van der Waals surface area contributed by atoms with Gasteiger partial charge in [-0.05, 0) is 66.9 Å². The first kappa shape index (κ1) is 29.6. The third kappa shape index (κ3) is 7.62. The van der Waals surface area contributed by atoms with Crippen LogP contribution in [-0.2, 0) is 6.54 Å². The highest BCUT2D eigenvalue weighted by atomic mass is 19.1. The molecule has 41 heavy (non-hydrogen) atoms. The zero-order chi connectivity index (χ0) is 29.6. The summed E-state index contributed by atoms with van der Waals surface area (Å²) in [5.41, 5.74) is 7.08. The summed E-state index contributed by atoms with van der Waals surface area (Å²) in [5, 5.41) is 27.4. The van der Waals surface area contributed by atoms with Crippen LogP contribution in [0.4, 0.5) is 20.6 Å². The fraction of sp³-hybridized carbons (Fsp3) is 0.290. The van der Waals surface area contributed by atoms with Crippen LogP contribution in [0.5, 0.6) is 11.5 Å². The van der Waals surface area contributed by atoms with Crippen molar-refractivity contribution in [2.45, 2.75) is 40.3 Å². The molecule has 0 aromatic heterocycles. The quantitative estimate of drug-likeness (QED) is 0.185. The van der Waals surface area contributed by atoms with Crippen LogP contribution in [0.25, 0.3) is 0 Å². The lowest BCUT2D eigenvalue weighted by Crippen LogP contribution is -2.46. The number of aliphatic hydroxyl groups is 1. The van der Waals surface area contributed by atoms with Gasteiger partial charge in [-0.1, -0.05) is 38.5 Å². The van der Waals surface area contributed by atoms with E-state index < -0.39 is 11.8 Å². The van der Waals surface area contributed by atoms with Crippen LogP contribution in [0.3, 0.4) is 0 Å². The van der Waals surface area contributed by atoms with Gasteiger partial charge in [0.05, 0.1) is 18.3 Å². The van der Waals surface area contributed by atoms with Crippen LogP contribution in [0.2, 0.25) is 0 Å². The van der Waals surface area contributed by atoms with Gasteiger partial charge < -0.3 is 25.9 Å². The van der Waals surface area contributed by atoms with Crippen molar-refractivity contribution in [1.29, 1.82) is 5.41 Å². The molecular weight excluding hydrogens is 523 g/mol. The van der Waals surface area contributed by atoms with Gasteiger partial charge in [0.2, 0.25) is 0 Å². The zero-order valence-electron chi connectivity index (χ0n) is 23.7. The van der Waals surface area contributed by atoms with E-state index in [1.807, 2.05) is 42.3 Å². The number of aliphatic hydroxyl groups excluding tert-OH is 1. The number of amides is 2. The number of nitrogens with zero attached hydrogens (tertiary/aromatic N) is 1. The molecule has 3 aromatic rings. The average Bonchev–Trinajstić information content (AvgIpc) is 3.37. The minimum Gasteiger partial charge on any atom is -0.457 e. The van der Waals surface area contributed by atoms with Gasteiger partial charge in [-0.2, -0.15) is 0 Å². The summed E-state index contributed by atoms with van der Waals surface area (Å²) in [7, 11) is 0. The molecule has 9 nitrogen and oxygen atoms in total. The highest BCUT2D eigenvalue weighted by Crippen LogP contribution is 2.30. The summed E-state index contributed by atoms with van der Waals surface area (Å²) in [5.74, 6) is 0.949. The molecule has 0 radical (unpaired) electrons. The van der Waals surface area contributed by atoms with E-state index in [0.29, 0.717) is 40.7 Å². The topological polar surface area (TPSA) is 122 Å². The largest absolute Gasteiger partial charge is 0.457 e. The van der Waals surface area contributed by atoms with Gasteiger partial charge in [0.15, 0.2) is 0 Å². The molecule has 0 saturated heterocycles. The van der Waals surface area contributed by atoms with Crippen molar-refractivity contribution < 1.29 is 19.0 Å². The number of hydrazine groups is 1. The molecule has 1 unspecified atom stereocenters. The fourth-order valence-corrected chi connectivity index (χ4v) is 4.25. The molecule has 1 heterocycles. The predicted molar refractivity (Wildman–Crippen MR) is 160 cm³/mol. The number of hydrogen-bond donors (Lipinski definition) is 6. The zero-order valence-corrected chi connectivity index (χ0v) is 23.7. The number of rotatable bonds is 10. The van der Waals surface area contributed by atoms with Crippen molar-refractivity contribution in [3.05, 3.63) is 95.1 Å². The van der Waals surface area contributed by atoms with Crippen molar-refractivity contribution in [3.63, 3.8) is 0 Å². The van der Waals surface area contributed by atoms with Crippen LogP contribution >= 0.6 is 0 Å². The molecule has 2 amide bonds. The van der Waals surface area contributed by atoms with Gasteiger partial charge in [0.1, 0.15) is 23.1 Å². The summed E-state index contributed by atoms with van der Waals surface area (Å²) >= 11 is 0. The van der Waals surface area contributed by atoms with Crippen LogP contribution in [0.1, 0.15) is 37.5 Å². The van der Waals surface area contributed by atoms with Gasteiger partial charge >= 0.3 is 6.03 Å². The minimum atomic E-state index is -0.459. The molecule has 0 saturated carbocycles. The van der Waals surface area contributed by atoms with Crippen LogP contribution in [0, 0.1) is 23.6 Å². The van der Waals surface area contributed by atoms with E-state index in [1.165, 1.54) is 24.4 Å². The fourth-order valence-electron chi connectivity index (χ4n) is 4.25. The van der Waals surface area contributed by atoms with Crippen molar-refractivity contribution in [2.75, 3.05) is 23.5 Å². The van der Waals surface area contributed by atoms with Crippen molar-refractivity contribution in [3.8, 4) is 11.5 Å². The Kier molecular flexibility index (Phi) is 9.26. The summed E-state index contributed by atoms with van der Waals surface area (Å²) in [6, 6.07) is 16.7. The van der Waals surface area contributed by atoms with Crippen LogP contribution in [-0.4, -0.2) is 36.5 Å².